The molecule has 1 atom stereocenters. The van der Waals surface area contributed by atoms with Crippen LogP contribution in [0.1, 0.15) is 374 Å². The summed E-state index contributed by atoms with van der Waals surface area (Å²) in [5.41, 5.74) is 0. The van der Waals surface area contributed by atoms with Gasteiger partial charge in [-0.25, -0.2) is 0 Å². The molecule has 0 aromatic rings. The summed E-state index contributed by atoms with van der Waals surface area (Å²) in [7, 11) is 0. The predicted molar refractivity (Wildman–Crippen MR) is 358 cm³/mol. The normalized spacial score (nSPS) is 12.5. The molecule has 0 amide bonds. The van der Waals surface area contributed by atoms with Gasteiger partial charge in [0.2, 0.25) is 0 Å². The molecular weight excluding hydrogens is 1010 g/mol. The Morgan fingerprint density at radius 2 is 0.476 bits per heavy atom. The molecule has 0 aliphatic rings. The van der Waals surface area contributed by atoms with Gasteiger partial charge in [-0.1, -0.05) is 338 Å². The summed E-state index contributed by atoms with van der Waals surface area (Å²) in [4.78, 5) is 38.4. The third kappa shape index (κ3) is 67.6. The zero-order valence-corrected chi connectivity index (χ0v) is 54.8. The van der Waals surface area contributed by atoms with Crippen LogP contribution in [0.4, 0.5) is 0 Å². The van der Waals surface area contributed by atoms with Crippen LogP contribution in [0, 0.1) is 0 Å². The van der Waals surface area contributed by atoms with Crippen molar-refractivity contribution < 1.29 is 28.6 Å². The highest BCUT2D eigenvalue weighted by Crippen LogP contribution is 2.18. The van der Waals surface area contributed by atoms with Crippen LogP contribution >= 0.6 is 0 Å². The summed E-state index contributed by atoms with van der Waals surface area (Å²) in [5, 5.41) is 0. The van der Waals surface area contributed by atoms with Gasteiger partial charge in [-0.05, 0) is 89.9 Å². The van der Waals surface area contributed by atoms with Crippen LogP contribution in [0.3, 0.4) is 0 Å². The van der Waals surface area contributed by atoms with E-state index in [1.807, 2.05) is 0 Å². The van der Waals surface area contributed by atoms with Crippen LogP contribution in [0.2, 0.25) is 0 Å². The maximum Gasteiger partial charge on any atom is 0.306 e. The molecule has 6 nitrogen and oxygen atoms in total. The SMILES string of the molecule is CC/C=C\C/C=C\C/C=C\C/C=C\CCCCCCC(=O)OCC(COC(=O)CCCCCCCCCCCCCCCCCCCCCCCCCCCCCCC)OC(=O)CCCCCCCCC/C=C\C/C=C\CCCCCC. The average molecular weight is 1150 g/mol. The second kappa shape index (κ2) is 70.3. The predicted octanol–water partition coefficient (Wildman–Crippen LogP) is 24.8. The van der Waals surface area contributed by atoms with Gasteiger partial charge >= 0.3 is 17.9 Å². The molecular formula is C76H136O6. The minimum atomic E-state index is -0.791. The molecule has 0 radical (unpaired) electrons. The van der Waals surface area contributed by atoms with Gasteiger partial charge in [-0.3, -0.25) is 14.4 Å². The van der Waals surface area contributed by atoms with Crippen LogP contribution < -0.4 is 0 Å². The molecule has 0 spiro atoms. The van der Waals surface area contributed by atoms with Gasteiger partial charge in [0.05, 0.1) is 0 Å². The summed E-state index contributed by atoms with van der Waals surface area (Å²) in [6, 6.07) is 0. The number of carbonyl (C=O) groups is 3. The number of unbranched alkanes of at least 4 members (excludes halogenated alkanes) is 43. The highest BCUT2D eigenvalue weighted by atomic mass is 16.6. The maximum atomic E-state index is 12.9. The van der Waals surface area contributed by atoms with Crippen molar-refractivity contribution in [1.29, 1.82) is 0 Å². The van der Waals surface area contributed by atoms with Gasteiger partial charge < -0.3 is 14.2 Å². The Morgan fingerprint density at radius 1 is 0.256 bits per heavy atom. The zero-order chi connectivity index (χ0) is 59.2. The van der Waals surface area contributed by atoms with Crippen molar-refractivity contribution in [1.82, 2.24) is 0 Å². The second-order valence-electron chi connectivity index (χ2n) is 24.1. The molecule has 6 heteroatoms. The molecule has 0 rings (SSSR count). The van der Waals surface area contributed by atoms with Gasteiger partial charge in [-0.2, -0.15) is 0 Å². The van der Waals surface area contributed by atoms with Crippen molar-refractivity contribution >= 4 is 17.9 Å². The molecule has 0 saturated carbocycles. The fraction of sp³-hybridized carbons (Fsp3) is 0.803. The molecule has 0 N–H and O–H groups in total. The first kappa shape index (κ1) is 78.8. The van der Waals surface area contributed by atoms with E-state index in [0.717, 1.165) is 109 Å². The maximum absolute atomic E-state index is 12.9. The Hall–Kier alpha value is -3.15. The average Bonchev–Trinajstić information content (AvgIpc) is 3.47. The highest BCUT2D eigenvalue weighted by molar-refractivity contribution is 5.71. The number of hydrogen-bond acceptors (Lipinski definition) is 6. The smallest absolute Gasteiger partial charge is 0.306 e. The first-order valence-corrected chi connectivity index (χ1v) is 35.9. The third-order valence-electron chi connectivity index (χ3n) is 15.9. The molecule has 476 valence electrons. The Kier molecular flexibility index (Phi) is 67.6. The zero-order valence-electron chi connectivity index (χ0n) is 54.8. The molecule has 0 saturated heterocycles. The fourth-order valence-corrected chi connectivity index (χ4v) is 10.6. The number of rotatable bonds is 66. The van der Waals surface area contributed by atoms with E-state index in [4.69, 9.17) is 14.2 Å². The third-order valence-corrected chi connectivity index (χ3v) is 15.9. The summed E-state index contributed by atoms with van der Waals surface area (Å²) >= 11 is 0. The Balaban J connectivity index is 4.27. The quantitative estimate of drug-likeness (QED) is 0.0261. The first-order valence-electron chi connectivity index (χ1n) is 35.9. The van der Waals surface area contributed by atoms with E-state index < -0.39 is 6.10 Å². The van der Waals surface area contributed by atoms with Crippen molar-refractivity contribution in [2.75, 3.05) is 13.2 Å². The van der Waals surface area contributed by atoms with Crippen LogP contribution in [0.25, 0.3) is 0 Å². The Morgan fingerprint density at radius 3 is 0.756 bits per heavy atom. The summed E-state index contributed by atoms with van der Waals surface area (Å²) in [6.07, 6.45) is 92.3. The lowest BCUT2D eigenvalue weighted by Crippen LogP contribution is -2.30. The molecule has 0 aliphatic carbocycles. The van der Waals surface area contributed by atoms with Crippen LogP contribution in [-0.2, 0) is 28.6 Å². The lowest BCUT2D eigenvalue weighted by atomic mass is 10.0. The lowest BCUT2D eigenvalue weighted by molar-refractivity contribution is -0.167. The van der Waals surface area contributed by atoms with Gasteiger partial charge in [0.15, 0.2) is 6.10 Å². The van der Waals surface area contributed by atoms with Crippen LogP contribution in [0.15, 0.2) is 72.9 Å². The molecule has 0 aliphatic heterocycles. The van der Waals surface area contributed by atoms with Crippen molar-refractivity contribution in [3.63, 3.8) is 0 Å². The molecule has 0 heterocycles. The van der Waals surface area contributed by atoms with Crippen molar-refractivity contribution in [2.24, 2.45) is 0 Å². The lowest BCUT2D eigenvalue weighted by Gasteiger charge is -2.18. The number of carbonyl (C=O) groups excluding carboxylic acids is 3. The van der Waals surface area contributed by atoms with E-state index in [9.17, 15) is 14.4 Å². The molecule has 82 heavy (non-hydrogen) atoms. The summed E-state index contributed by atoms with van der Waals surface area (Å²) < 4.78 is 17.0. The first-order chi connectivity index (χ1) is 40.5. The topological polar surface area (TPSA) is 78.9 Å². The molecule has 0 aromatic heterocycles. The van der Waals surface area contributed by atoms with Gasteiger partial charge in [0, 0.05) is 19.3 Å². The van der Waals surface area contributed by atoms with E-state index in [0.29, 0.717) is 19.3 Å². The monoisotopic (exact) mass is 1150 g/mol. The van der Waals surface area contributed by atoms with Crippen molar-refractivity contribution in [3.05, 3.63) is 72.9 Å². The summed E-state index contributed by atoms with van der Waals surface area (Å²) in [5.74, 6) is -0.896. The van der Waals surface area contributed by atoms with E-state index in [1.165, 1.54) is 225 Å². The Bertz CT molecular complexity index is 1500. The molecule has 1 unspecified atom stereocenters. The van der Waals surface area contributed by atoms with E-state index >= 15 is 0 Å². The number of esters is 3. The van der Waals surface area contributed by atoms with Gasteiger partial charge in [-0.15, -0.1) is 0 Å². The second-order valence-corrected chi connectivity index (χ2v) is 24.1. The molecule has 0 aromatic carbocycles. The van der Waals surface area contributed by atoms with Gasteiger partial charge in [0.1, 0.15) is 13.2 Å². The standard InChI is InChI=1S/C76H136O6/c1-4-7-10-13-16-19-22-25-28-31-33-34-35-36-37-38-39-40-41-42-43-46-48-51-54-57-60-63-66-69-75(78)81-72-73(71-80-74(77)68-65-62-59-56-53-50-47-44-30-27-24-21-18-15-12-9-6-3)82-76(79)70-67-64-61-58-55-52-49-45-32-29-26-23-20-17-14-11-8-5-2/h9,12,18,20-21,23,27,29-30,32,47,50,73H,4-8,10-11,13-17,19,22,24-26,28,31,33-46,48-49,51-72H2,1-3H3/b12-9-,21-18-,23-20-,30-27-,32-29-,50-47-. The Labute approximate surface area is 510 Å². The minimum absolute atomic E-state index is 0.0836. The van der Waals surface area contributed by atoms with Crippen molar-refractivity contribution in [2.45, 2.75) is 380 Å². The number of hydrogen-bond donors (Lipinski definition) is 0. The van der Waals surface area contributed by atoms with Crippen LogP contribution in [-0.4, -0.2) is 37.2 Å². The highest BCUT2D eigenvalue weighted by Gasteiger charge is 2.19. The minimum Gasteiger partial charge on any atom is -0.462 e. The van der Waals surface area contributed by atoms with Gasteiger partial charge in [0.25, 0.3) is 0 Å². The number of allylic oxidation sites excluding steroid dienone is 12. The molecule has 0 bridgehead atoms. The fourth-order valence-electron chi connectivity index (χ4n) is 10.6. The summed E-state index contributed by atoms with van der Waals surface area (Å²) in [6.45, 7) is 6.54. The van der Waals surface area contributed by atoms with E-state index in [1.54, 1.807) is 0 Å². The number of ether oxygens (including phenoxy) is 3. The van der Waals surface area contributed by atoms with Crippen molar-refractivity contribution in [3.8, 4) is 0 Å². The molecule has 0 fully saturated rings. The largest absolute Gasteiger partial charge is 0.462 e. The van der Waals surface area contributed by atoms with E-state index in [2.05, 4.69) is 93.7 Å². The van der Waals surface area contributed by atoms with E-state index in [-0.39, 0.29) is 31.1 Å². The van der Waals surface area contributed by atoms with Crippen LogP contribution in [0.5, 0.6) is 0 Å².